The molecule has 1 unspecified atom stereocenters. The van der Waals surface area contributed by atoms with Crippen LogP contribution in [0, 0.1) is 0 Å². The van der Waals surface area contributed by atoms with E-state index in [9.17, 15) is 9.59 Å². The number of hydrogen-bond donors (Lipinski definition) is 0. The number of rotatable bonds is 9. The van der Waals surface area contributed by atoms with E-state index in [1.807, 2.05) is 13.8 Å². The highest BCUT2D eigenvalue weighted by Gasteiger charge is 2.45. The Hall–Kier alpha value is -0.408. The van der Waals surface area contributed by atoms with Gasteiger partial charge in [-0.25, -0.2) is 4.79 Å². The molecule has 0 spiro atoms. The van der Waals surface area contributed by atoms with Crippen LogP contribution in [0.15, 0.2) is 0 Å². The zero-order valence-electron chi connectivity index (χ0n) is 11.1. The predicted molar refractivity (Wildman–Crippen MR) is 72.2 cm³/mol. The second kappa shape index (κ2) is 10.5. The maximum absolute atomic E-state index is 11.8. The number of hydrogen-bond acceptors (Lipinski definition) is 5. The topological polar surface area (TPSA) is 61.8 Å². The highest BCUT2D eigenvalue weighted by atomic mass is 27.0. The van der Waals surface area contributed by atoms with Crippen molar-refractivity contribution in [2.45, 2.75) is 52.6 Å². The second-order valence-electron chi connectivity index (χ2n) is 3.78. The van der Waals surface area contributed by atoms with Gasteiger partial charge < -0.3 is 4.74 Å². The summed E-state index contributed by atoms with van der Waals surface area (Å²) in [6.07, 6.45) is 1.68. The lowest BCUT2D eigenvalue weighted by Gasteiger charge is -2.26. The van der Waals surface area contributed by atoms with Crippen LogP contribution in [0.1, 0.15) is 47.0 Å². The zero-order chi connectivity index (χ0) is 13.3. The summed E-state index contributed by atoms with van der Waals surface area (Å²) in [5.74, 6) is -1.13. The lowest BCUT2D eigenvalue weighted by atomic mass is 9.96. The summed E-state index contributed by atoms with van der Waals surface area (Å²) in [6.45, 7) is 7.45. The number of Topliss-reactive ketones (excluding diaryl/α,β-unsaturated/α-hetero) is 1. The summed E-state index contributed by atoms with van der Waals surface area (Å²) in [5.41, 5.74) is -1.52. The van der Waals surface area contributed by atoms with Gasteiger partial charge in [0.2, 0.25) is 5.60 Å². The van der Waals surface area contributed by atoms with Gasteiger partial charge in [0.15, 0.2) is 23.1 Å². The van der Waals surface area contributed by atoms with Crippen molar-refractivity contribution < 1.29 is 24.1 Å². The third kappa shape index (κ3) is 5.49. The Kier molecular flexibility index (Phi) is 11.6. The van der Waals surface area contributed by atoms with Gasteiger partial charge in [0.05, 0.1) is 6.61 Å². The zero-order valence-corrected chi connectivity index (χ0v) is 11.1. The Morgan fingerprint density at radius 1 is 1.06 bits per heavy atom. The van der Waals surface area contributed by atoms with Gasteiger partial charge in [0, 0.05) is 6.61 Å². The van der Waals surface area contributed by atoms with Crippen molar-refractivity contribution in [3.05, 3.63) is 0 Å². The number of ketones is 1. The third-order valence-electron chi connectivity index (χ3n) is 2.37. The van der Waals surface area contributed by atoms with Gasteiger partial charge in [-0.15, -0.1) is 0 Å². The van der Waals surface area contributed by atoms with Gasteiger partial charge >= 0.3 is 5.97 Å². The molecule has 0 fully saturated rings. The van der Waals surface area contributed by atoms with Crippen LogP contribution in [-0.4, -0.2) is 47.9 Å². The van der Waals surface area contributed by atoms with Crippen molar-refractivity contribution in [3.8, 4) is 0 Å². The van der Waals surface area contributed by atoms with Crippen molar-refractivity contribution >= 4 is 29.1 Å². The molecular weight excluding hydrogens is 251 g/mol. The lowest BCUT2D eigenvalue weighted by molar-refractivity contribution is -0.285. The van der Waals surface area contributed by atoms with Crippen molar-refractivity contribution in [2.24, 2.45) is 0 Å². The SMILES string of the molecule is CCCOOC(=O)C(CC)(OCCC)C(C)=O.[AlH3]. The molecule has 106 valence electrons. The molecule has 0 bridgehead atoms. The van der Waals surface area contributed by atoms with E-state index in [4.69, 9.17) is 9.62 Å². The van der Waals surface area contributed by atoms with Crippen molar-refractivity contribution in [2.75, 3.05) is 13.2 Å². The van der Waals surface area contributed by atoms with E-state index in [0.29, 0.717) is 13.2 Å². The third-order valence-corrected chi connectivity index (χ3v) is 2.37. The monoisotopic (exact) mass is 276 g/mol. The van der Waals surface area contributed by atoms with E-state index < -0.39 is 11.6 Å². The molecule has 0 N–H and O–H groups in total. The van der Waals surface area contributed by atoms with Crippen LogP contribution in [0.4, 0.5) is 0 Å². The van der Waals surface area contributed by atoms with Gasteiger partial charge in [0.25, 0.3) is 0 Å². The molecule has 0 aromatic carbocycles. The molecule has 0 aliphatic heterocycles. The van der Waals surface area contributed by atoms with E-state index in [0.717, 1.165) is 12.8 Å². The van der Waals surface area contributed by atoms with Gasteiger partial charge in [-0.1, -0.05) is 20.8 Å². The first kappa shape index (κ1) is 19.9. The quantitative estimate of drug-likeness (QED) is 0.205. The lowest BCUT2D eigenvalue weighted by Crippen LogP contribution is -2.48. The first-order valence-electron chi connectivity index (χ1n) is 6.04. The Morgan fingerprint density at radius 2 is 1.61 bits per heavy atom. The summed E-state index contributed by atoms with van der Waals surface area (Å²) < 4.78 is 5.38. The molecule has 0 amide bonds. The average Bonchev–Trinajstić information content (AvgIpc) is 2.30. The van der Waals surface area contributed by atoms with E-state index in [2.05, 4.69) is 4.89 Å². The molecule has 6 heteroatoms. The molecule has 18 heavy (non-hydrogen) atoms. The molecule has 0 aliphatic rings. The van der Waals surface area contributed by atoms with Crippen LogP contribution in [0.3, 0.4) is 0 Å². The molecule has 5 nitrogen and oxygen atoms in total. The molecule has 0 heterocycles. The molecule has 0 saturated heterocycles. The Bertz CT molecular complexity index is 257. The minimum Gasteiger partial charge on any atom is -0.356 e. The van der Waals surface area contributed by atoms with Crippen LogP contribution >= 0.6 is 0 Å². The van der Waals surface area contributed by atoms with Crippen LogP contribution in [0.2, 0.25) is 0 Å². The molecule has 0 aromatic heterocycles. The van der Waals surface area contributed by atoms with Crippen LogP contribution in [0.25, 0.3) is 0 Å². The molecule has 1 atom stereocenters. The maximum atomic E-state index is 11.8. The van der Waals surface area contributed by atoms with Gasteiger partial charge in [-0.05, 0) is 26.2 Å². The Labute approximate surface area is 119 Å². The molecular formula is C12H25AlO5. The Balaban J connectivity index is 0. The smallest absolute Gasteiger partial charge is 0.356 e. The molecule has 0 saturated carbocycles. The fourth-order valence-corrected chi connectivity index (χ4v) is 1.32. The minimum absolute atomic E-state index is 0. The molecule has 0 radical (unpaired) electrons. The number of ether oxygens (including phenoxy) is 1. The predicted octanol–water partition coefficient (Wildman–Crippen LogP) is 0.852. The van der Waals surface area contributed by atoms with Crippen molar-refractivity contribution in [1.29, 1.82) is 0 Å². The summed E-state index contributed by atoms with van der Waals surface area (Å²) in [4.78, 5) is 32.7. The maximum Gasteiger partial charge on any atom is 0.381 e. The van der Waals surface area contributed by atoms with E-state index in [-0.39, 0.29) is 29.6 Å². The molecule has 0 aliphatic carbocycles. The number of carbonyl (C=O) groups is 2. The minimum atomic E-state index is -1.52. The first-order chi connectivity index (χ1) is 8.05. The normalized spacial score (nSPS) is 13.3. The molecule has 0 aromatic rings. The molecule has 0 rings (SSSR count). The van der Waals surface area contributed by atoms with Crippen LogP contribution in [-0.2, 0) is 24.1 Å². The largest absolute Gasteiger partial charge is 0.381 e. The fraction of sp³-hybridized carbons (Fsp3) is 0.833. The summed E-state index contributed by atoms with van der Waals surface area (Å²) in [5, 5.41) is 0. The van der Waals surface area contributed by atoms with Crippen molar-refractivity contribution in [1.82, 2.24) is 0 Å². The summed E-state index contributed by atoms with van der Waals surface area (Å²) >= 11 is 0. The fourth-order valence-electron chi connectivity index (χ4n) is 1.32. The van der Waals surface area contributed by atoms with Crippen LogP contribution < -0.4 is 0 Å². The summed E-state index contributed by atoms with van der Waals surface area (Å²) in [7, 11) is 0. The first-order valence-corrected chi connectivity index (χ1v) is 6.04. The van der Waals surface area contributed by atoms with E-state index in [1.165, 1.54) is 6.92 Å². The summed E-state index contributed by atoms with van der Waals surface area (Å²) in [6, 6.07) is 0. The standard InChI is InChI=1S/C12H22O5.Al.3H/c1-5-8-15-12(7-3,10(4)13)11(14)17-16-9-6-2;;;;/h5-9H2,1-4H3;;;;. The highest BCUT2D eigenvalue weighted by Crippen LogP contribution is 2.20. The van der Waals surface area contributed by atoms with Gasteiger partial charge in [0.1, 0.15) is 0 Å². The average molecular weight is 276 g/mol. The second-order valence-corrected chi connectivity index (χ2v) is 3.78. The van der Waals surface area contributed by atoms with E-state index >= 15 is 0 Å². The van der Waals surface area contributed by atoms with Gasteiger partial charge in [-0.2, -0.15) is 4.89 Å². The van der Waals surface area contributed by atoms with Gasteiger partial charge in [-0.3, -0.25) is 9.68 Å². The van der Waals surface area contributed by atoms with E-state index in [1.54, 1.807) is 6.92 Å². The number of carbonyl (C=O) groups excluding carboxylic acids is 2. The Morgan fingerprint density at radius 3 is 2.00 bits per heavy atom. The van der Waals surface area contributed by atoms with Crippen LogP contribution in [0.5, 0.6) is 0 Å². The van der Waals surface area contributed by atoms with Crippen molar-refractivity contribution in [3.63, 3.8) is 0 Å². The highest BCUT2D eigenvalue weighted by molar-refractivity contribution is 6.06.